The molecule has 5 nitrogen and oxygen atoms in total. The van der Waals surface area contributed by atoms with Crippen LogP contribution in [0.25, 0.3) is 0 Å². The van der Waals surface area contributed by atoms with E-state index in [9.17, 15) is 13.2 Å². The number of hydrogen-bond acceptors (Lipinski definition) is 3. The van der Waals surface area contributed by atoms with Gasteiger partial charge in [-0.25, -0.2) is 8.42 Å². The van der Waals surface area contributed by atoms with Crippen molar-refractivity contribution in [3.8, 4) is 0 Å². The second-order valence-corrected chi connectivity index (χ2v) is 9.74. The lowest BCUT2D eigenvalue weighted by Gasteiger charge is -2.20. The van der Waals surface area contributed by atoms with Crippen LogP contribution in [0.5, 0.6) is 0 Å². The molecule has 0 aromatic heterocycles. The highest BCUT2D eigenvalue weighted by Crippen LogP contribution is 2.21. The molecule has 0 unspecified atom stereocenters. The van der Waals surface area contributed by atoms with Crippen molar-refractivity contribution >= 4 is 27.5 Å². The minimum absolute atomic E-state index is 0.0405. The Labute approximate surface area is 178 Å². The number of amides is 1. The molecule has 2 aromatic rings. The summed E-state index contributed by atoms with van der Waals surface area (Å²) in [6.07, 6.45) is 4.93. The third-order valence-electron chi connectivity index (χ3n) is 5.17. The first-order valence-electron chi connectivity index (χ1n) is 10.1. The van der Waals surface area contributed by atoms with Gasteiger partial charge >= 0.3 is 0 Å². The number of carbonyl (C=O) groups excluding carboxylic acids is 1. The highest BCUT2D eigenvalue weighted by Gasteiger charge is 2.24. The monoisotopic (exact) mass is 434 g/mol. The highest BCUT2D eigenvalue weighted by atomic mass is 35.5. The predicted molar refractivity (Wildman–Crippen MR) is 115 cm³/mol. The summed E-state index contributed by atoms with van der Waals surface area (Å²) in [5, 5.41) is 3.56. The van der Waals surface area contributed by atoms with Gasteiger partial charge in [0, 0.05) is 31.1 Å². The maximum Gasteiger partial charge on any atom is 0.243 e. The first-order valence-corrected chi connectivity index (χ1v) is 11.9. The molecule has 1 aliphatic rings. The van der Waals surface area contributed by atoms with E-state index in [0.29, 0.717) is 42.4 Å². The van der Waals surface area contributed by atoms with Crippen LogP contribution in [-0.4, -0.2) is 31.7 Å². The van der Waals surface area contributed by atoms with Crippen molar-refractivity contribution in [1.82, 2.24) is 9.62 Å². The van der Waals surface area contributed by atoms with Crippen molar-refractivity contribution in [3.63, 3.8) is 0 Å². The van der Waals surface area contributed by atoms with Crippen LogP contribution in [-0.2, 0) is 27.8 Å². The predicted octanol–water partition coefficient (Wildman–Crippen LogP) is 4.15. The summed E-state index contributed by atoms with van der Waals surface area (Å²) in [4.78, 5) is 12.4. The Morgan fingerprint density at radius 2 is 1.48 bits per heavy atom. The van der Waals surface area contributed by atoms with Gasteiger partial charge in [0.2, 0.25) is 15.9 Å². The lowest BCUT2D eigenvalue weighted by molar-refractivity contribution is -0.121. The lowest BCUT2D eigenvalue weighted by atomic mass is 10.1. The number of carbonyl (C=O) groups is 1. The van der Waals surface area contributed by atoms with E-state index in [-0.39, 0.29) is 5.91 Å². The summed E-state index contributed by atoms with van der Waals surface area (Å²) in [6.45, 7) is 1.65. The fourth-order valence-corrected chi connectivity index (χ4v) is 5.05. The zero-order valence-corrected chi connectivity index (χ0v) is 18.0. The van der Waals surface area contributed by atoms with Gasteiger partial charge in [-0.15, -0.1) is 0 Å². The molecule has 2 aromatic carbocycles. The molecule has 1 amide bonds. The third kappa shape index (κ3) is 6.29. The molecular formula is C22H27ClN2O3S. The van der Waals surface area contributed by atoms with Gasteiger partial charge in [-0.05, 0) is 54.7 Å². The van der Waals surface area contributed by atoms with Crippen LogP contribution in [0.3, 0.4) is 0 Å². The number of aryl methyl sites for hydroxylation is 1. The zero-order valence-electron chi connectivity index (χ0n) is 16.4. The number of nitrogens with zero attached hydrogens (tertiary/aromatic N) is 1. The van der Waals surface area contributed by atoms with E-state index < -0.39 is 10.0 Å². The Balaban J connectivity index is 1.50. The van der Waals surface area contributed by atoms with Crippen LogP contribution >= 0.6 is 11.6 Å². The normalized spacial score (nSPS) is 15.6. The molecule has 0 bridgehead atoms. The fraction of sp³-hybridized carbons (Fsp3) is 0.409. The van der Waals surface area contributed by atoms with Crippen LogP contribution < -0.4 is 5.32 Å². The number of benzene rings is 2. The van der Waals surface area contributed by atoms with Crippen LogP contribution in [0.4, 0.5) is 0 Å². The third-order valence-corrected chi connectivity index (χ3v) is 7.33. The number of sulfonamides is 1. The molecule has 0 saturated carbocycles. The maximum atomic E-state index is 12.8. The average Bonchev–Trinajstić information content (AvgIpc) is 3.02. The minimum atomic E-state index is -3.43. The molecule has 29 heavy (non-hydrogen) atoms. The van der Waals surface area contributed by atoms with Gasteiger partial charge in [0.1, 0.15) is 0 Å². The molecule has 0 aliphatic carbocycles. The second kappa shape index (κ2) is 10.2. The molecule has 0 spiro atoms. The standard InChI is InChI=1S/C22H27ClN2O3S/c23-20-10-5-19(6-11-20)17-24-22(26)14-9-18-7-12-21(13-8-18)29(27,28)25-15-3-1-2-4-16-25/h5-8,10-13H,1-4,9,14-17H2,(H,24,26). The molecule has 1 N–H and O–H groups in total. The first kappa shape index (κ1) is 21.8. The molecule has 3 rings (SSSR count). The molecule has 1 aliphatic heterocycles. The Bertz CT molecular complexity index is 904. The Morgan fingerprint density at radius 1 is 0.897 bits per heavy atom. The SMILES string of the molecule is O=C(CCc1ccc(S(=O)(=O)N2CCCCCC2)cc1)NCc1ccc(Cl)cc1. The Kier molecular flexibility index (Phi) is 7.70. The van der Waals surface area contributed by atoms with Crippen molar-refractivity contribution in [2.75, 3.05) is 13.1 Å². The first-order chi connectivity index (χ1) is 13.9. The average molecular weight is 435 g/mol. The topological polar surface area (TPSA) is 66.5 Å². The summed E-state index contributed by atoms with van der Waals surface area (Å²) in [7, 11) is -3.43. The van der Waals surface area contributed by atoms with E-state index >= 15 is 0 Å². The summed E-state index contributed by atoms with van der Waals surface area (Å²) >= 11 is 5.85. The van der Waals surface area contributed by atoms with Crippen molar-refractivity contribution < 1.29 is 13.2 Å². The summed E-state index contributed by atoms with van der Waals surface area (Å²) < 4.78 is 27.2. The fourth-order valence-electron chi connectivity index (χ4n) is 3.41. The van der Waals surface area contributed by atoms with Gasteiger partial charge in [0.15, 0.2) is 0 Å². The largest absolute Gasteiger partial charge is 0.352 e. The quantitative estimate of drug-likeness (QED) is 0.711. The smallest absolute Gasteiger partial charge is 0.243 e. The molecule has 156 valence electrons. The molecule has 0 radical (unpaired) electrons. The summed E-state index contributed by atoms with van der Waals surface area (Å²) in [5.74, 6) is -0.0405. The molecule has 7 heteroatoms. The van der Waals surface area contributed by atoms with Gasteiger partial charge in [0.05, 0.1) is 4.90 Å². The zero-order chi connectivity index (χ0) is 20.7. The van der Waals surface area contributed by atoms with E-state index in [4.69, 9.17) is 11.6 Å². The number of halogens is 1. The number of nitrogens with one attached hydrogen (secondary N) is 1. The molecular weight excluding hydrogens is 408 g/mol. The summed E-state index contributed by atoms with van der Waals surface area (Å²) in [5.41, 5.74) is 1.94. The van der Waals surface area contributed by atoms with E-state index in [1.165, 1.54) is 0 Å². The van der Waals surface area contributed by atoms with Crippen molar-refractivity contribution in [2.45, 2.75) is 50.0 Å². The maximum absolute atomic E-state index is 12.8. The van der Waals surface area contributed by atoms with Crippen LogP contribution in [0.1, 0.15) is 43.2 Å². The molecule has 0 atom stereocenters. The van der Waals surface area contributed by atoms with Crippen LogP contribution in [0.15, 0.2) is 53.4 Å². The van der Waals surface area contributed by atoms with E-state index in [2.05, 4.69) is 5.32 Å². The van der Waals surface area contributed by atoms with Crippen LogP contribution in [0.2, 0.25) is 5.02 Å². The molecule has 1 fully saturated rings. The van der Waals surface area contributed by atoms with Crippen molar-refractivity contribution in [1.29, 1.82) is 0 Å². The van der Waals surface area contributed by atoms with Crippen molar-refractivity contribution in [2.24, 2.45) is 0 Å². The molecule has 1 heterocycles. The highest BCUT2D eigenvalue weighted by molar-refractivity contribution is 7.89. The van der Waals surface area contributed by atoms with Crippen molar-refractivity contribution in [3.05, 3.63) is 64.7 Å². The number of rotatable bonds is 7. The second-order valence-electron chi connectivity index (χ2n) is 7.37. The van der Waals surface area contributed by atoms with E-state index in [1.54, 1.807) is 40.7 Å². The van der Waals surface area contributed by atoms with E-state index in [0.717, 1.165) is 36.8 Å². The summed E-state index contributed by atoms with van der Waals surface area (Å²) in [6, 6.07) is 14.3. The lowest BCUT2D eigenvalue weighted by Crippen LogP contribution is -2.31. The minimum Gasteiger partial charge on any atom is -0.352 e. The molecule has 1 saturated heterocycles. The van der Waals surface area contributed by atoms with Gasteiger partial charge < -0.3 is 5.32 Å². The van der Waals surface area contributed by atoms with Gasteiger partial charge in [0.25, 0.3) is 0 Å². The Hall–Kier alpha value is -1.89. The Morgan fingerprint density at radius 3 is 2.10 bits per heavy atom. The van der Waals surface area contributed by atoms with Crippen LogP contribution in [0, 0.1) is 0 Å². The van der Waals surface area contributed by atoms with Gasteiger partial charge in [-0.1, -0.05) is 48.7 Å². The number of hydrogen-bond donors (Lipinski definition) is 1. The van der Waals surface area contributed by atoms with E-state index in [1.807, 2.05) is 12.1 Å². The van der Waals surface area contributed by atoms with Gasteiger partial charge in [-0.3, -0.25) is 4.79 Å². The van der Waals surface area contributed by atoms with Gasteiger partial charge in [-0.2, -0.15) is 4.31 Å².